The van der Waals surface area contributed by atoms with Crippen LogP contribution in [0.2, 0.25) is 0 Å². The van der Waals surface area contributed by atoms with Crippen LogP contribution in [0.25, 0.3) is 22.4 Å². The van der Waals surface area contributed by atoms with Crippen LogP contribution in [0, 0.1) is 46.6 Å². The van der Waals surface area contributed by atoms with Crippen molar-refractivity contribution in [1.29, 1.82) is 0 Å². The summed E-state index contributed by atoms with van der Waals surface area (Å²) in [7, 11) is 0. The van der Waals surface area contributed by atoms with Gasteiger partial charge in [-0.15, -0.1) is 0 Å². The SMILES string of the molecule is CC(C)(C)C#Cc1nc(-c2c[nH]c3ncc(F)cc23)nc(NC2C3CCC(CC3)C2C(=O)O)c1F. The maximum atomic E-state index is 15.7. The van der Waals surface area contributed by atoms with E-state index in [0.29, 0.717) is 16.6 Å². The summed E-state index contributed by atoms with van der Waals surface area (Å²) in [6.07, 6.45) is 6.23. The quantitative estimate of drug-likeness (QED) is 0.455. The summed E-state index contributed by atoms with van der Waals surface area (Å²) in [5.74, 6) is 3.34. The van der Waals surface area contributed by atoms with Gasteiger partial charge in [0.1, 0.15) is 11.5 Å². The van der Waals surface area contributed by atoms with Crippen molar-refractivity contribution in [3.05, 3.63) is 35.8 Å². The fourth-order valence-corrected chi connectivity index (χ4v) is 5.33. The zero-order valence-corrected chi connectivity index (χ0v) is 19.8. The molecule has 3 saturated carbocycles. The third kappa shape index (κ3) is 4.45. The number of carbonyl (C=O) groups is 1. The number of pyridine rings is 1. The number of hydrogen-bond acceptors (Lipinski definition) is 5. The van der Waals surface area contributed by atoms with Crippen LogP contribution >= 0.6 is 0 Å². The molecule has 3 N–H and O–H groups in total. The standard InChI is InChI=1S/C26H27F2N5O2/c1-26(2,3)9-8-18-20(28)24(32-21-14-6-4-13(5-7-14)19(21)25(34)35)33-23(31-18)17-12-30-22-16(17)10-15(27)11-29-22/h10-14,19,21H,4-7H2,1-3H3,(H,29,30)(H,34,35)(H,31,32,33). The maximum absolute atomic E-state index is 15.7. The molecular formula is C26H27F2N5O2. The summed E-state index contributed by atoms with van der Waals surface area (Å²) in [5.41, 5.74) is 0.407. The summed E-state index contributed by atoms with van der Waals surface area (Å²) in [4.78, 5) is 27.9. The van der Waals surface area contributed by atoms with Crippen LogP contribution in [0.3, 0.4) is 0 Å². The largest absolute Gasteiger partial charge is 0.481 e. The van der Waals surface area contributed by atoms with Gasteiger partial charge in [0.25, 0.3) is 0 Å². The molecule has 3 aliphatic rings. The number of hydrogen-bond donors (Lipinski definition) is 3. The number of carboxylic acids is 1. The van der Waals surface area contributed by atoms with Gasteiger partial charge in [0.15, 0.2) is 23.2 Å². The van der Waals surface area contributed by atoms with Gasteiger partial charge in [0.05, 0.1) is 12.1 Å². The maximum Gasteiger partial charge on any atom is 0.308 e. The first-order valence-corrected chi connectivity index (χ1v) is 11.8. The van der Waals surface area contributed by atoms with Gasteiger partial charge in [-0.1, -0.05) is 5.92 Å². The Balaban J connectivity index is 1.63. The molecule has 0 spiro atoms. The van der Waals surface area contributed by atoms with Gasteiger partial charge < -0.3 is 15.4 Å². The highest BCUT2D eigenvalue weighted by molar-refractivity contribution is 5.91. The zero-order valence-electron chi connectivity index (χ0n) is 19.8. The average Bonchev–Trinajstić information content (AvgIpc) is 3.22. The second kappa shape index (κ2) is 8.59. The number of carboxylic acid groups (broad SMARTS) is 1. The van der Waals surface area contributed by atoms with Crippen molar-refractivity contribution in [2.75, 3.05) is 5.32 Å². The van der Waals surface area contributed by atoms with E-state index in [0.717, 1.165) is 31.9 Å². The number of halogens is 2. The van der Waals surface area contributed by atoms with Crippen molar-refractivity contribution in [3.63, 3.8) is 0 Å². The lowest BCUT2D eigenvalue weighted by Crippen LogP contribution is -2.51. The Morgan fingerprint density at radius 2 is 1.89 bits per heavy atom. The molecule has 7 nitrogen and oxygen atoms in total. The summed E-state index contributed by atoms with van der Waals surface area (Å²) < 4.78 is 29.6. The highest BCUT2D eigenvalue weighted by Gasteiger charge is 2.47. The van der Waals surface area contributed by atoms with E-state index >= 15 is 4.39 Å². The first-order valence-electron chi connectivity index (χ1n) is 11.8. The third-order valence-corrected chi connectivity index (χ3v) is 6.95. The lowest BCUT2D eigenvalue weighted by Gasteiger charge is -2.47. The minimum atomic E-state index is -0.877. The zero-order chi connectivity index (χ0) is 24.9. The van der Waals surface area contributed by atoms with E-state index in [1.165, 1.54) is 6.07 Å². The van der Waals surface area contributed by atoms with Crippen molar-refractivity contribution in [2.45, 2.75) is 52.5 Å². The Labute approximate surface area is 201 Å². The predicted molar refractivity (Wildman–Crippen MR) is 127 cm³/mol. The highest BCUT2D eigenvalue weighted by Crippen LogP contribution is 2.46. The summed E-state index contributed by atoms with van der Waals surface area (Å²) >= 11 is 0. The number of rotatable bonds is 4. The molecule has 3 fully saturated rings. The molecule has 3 aromatic heterocycles. The number of H-pyrrole nitrogens is 1. The van der Waals surface area contributed by atoms with Crippen LogP contribution in [0.15, 0.2) is 18.5 Å². The van der Waals surface area contributed by atoms with Gasteiger partial charge in [-0.3, -0.25) is 4.79 Å². The van der Waals surface area contributed by atoms with E-state index in [1.54, 1.807) is 6.20 Å². The molecule has 2 bridgehead atoms. The van der Waals surface area contributed by atoms with E-state index in [4.69, 9.17) is 0 Å². The number of aromatic amines is 1. The molecule has 3 heterocycles. The lowest BCUT2D eigenvalue weighted by atomic mass is 9.61. The van der Waals surface area contributed by atoms with Gasteiger partial charge in [-0.05, 0) is 70.3 Å². The molecule has 0 aliphatic heterocycles. The second-order valence-electron chi connectivity index (χ2n) is 10.5. The molecule has 2 atom stereocenters. The molecule has 2 unspecified atom stereocenters. The number of nitrogens with one attached hydrogen (secondary N) is 2. The number of aliphatic carboxylic acids is 1. The minimum Gasteiger partial charge on any atom is -0.481 e. The molecule has 0 amide bonds. The van der Waals surface area contributed by atoms with E-state index in [9.17, 15) is 14.3 Å². The van der Waals surface area contributed by atoms with Crippen LogP contribution in [-0.4, -0.2) is 37.1 Å². The van der Waals surface area contributed by atoms with Gasteiger partial charge in [-0.2, -0.15) is 4.39 Å². The topological polar surface area (TPSA) is 104 Å². The van der Waals surface area contributed by atoms with E-state index in [2.05, 4.69) is 37.1 Å². The molecule has 9 heteroatoms. The van der Waals surface area contributed by atoms with Crippen molar-refractivity contribution < 1.29 is 18.7 Å². The molecular weight excluding hydrogens is 452 g/mol. The molecule has 6 rings (SSSR count). The van der Waals surface area contributed by atoms with Crippen molar-refractivity contribution in [2.24, 2.45) is 23.2 Å². The Morgan fingerprint density at radius 3 is 2.57 bits per heavy atom. The highest BCUT2D eigenvalue weighted by atomic mass is 19.1. The molecule has 3 aromatic rings. The fraction of sp³-hybridized carbons (Fsp3) is 0.462. The first-order chi connectivity index (χ1) is 16.6. The van der Waals surface area contributed by atoms with E-state index in [1.807, 2.05) is 20.8 Å². The van der Waals surface area contributed by atoms with Crippen molar-refractivity contribution >= 4 is 22.8 Å². The van der Waals surface area contributed by atoms with Crippen LogP contribution < -0.4 is 5.32 Å². The van der Waals surface area contributed by atoms with Gasteiger partial charge in [0.2, 0.25) is 0 Å². The fourth-order valence-electron chi connectivity index (χ4n) is 5.33. The second-order valence-corrected chi connectivity index (χ2v) is 10.5. The number of fused-ring (bicyclic) bond motifs is 4. The Morgan fingerprint density at radius 1 is 1.17 bits per heavy atom. The van der Waals surface area contributed by atoms with Crippen molar-refractivity contribution in [1.82, 2.24) is 19.9 Å². The van der Waals surface area contributed by atoms with Crippen LogP contribution in [-0.2, 0) is 4.79 Å². The monoisotopic (exact) mass is 479 g/mol. The Kier molecular flexibility index (Phi) is 5.70. The van der Waals surface area contributed by atoms with E-state index in [-0.39, 0.29) is 29.2 Å². The van der Waals surface area contributed by atoms with Crippen LogP contribution in [0.4, 0.5) is 14.6 Å². The van der Waals surface area contributed by atoms with Crippen LogP contribution in [0.1, 0.15) is 52.1 Å². The summed E-state index contributed by atoms with van der Waals surface area (Å²) in [6.45, 7) is 5.72. The minimum absolute atomic E-state index is 0.0576. The molecule has 0 saturated heterocycles. The van der Waals surface area contributed by atoms with Crippen LogP contribution in [0.5, 0.6) is 0 Å². The van der Waals surface area contributed by atoms with Gasteiger partial charge >= 0.3 is 5.97 Å². The molecule has 0 radical (unpaired) electrons. The van der Waals surface area contributed by atoms with Crippen molar-refractivity contribution in [3.8, 4) is 23.2 Å². The average molecular weight is 480 g/mol. The first kappa shape index (κ1) is 23.2. The third-order valence-electron chi connectivity index (χ3n) is 6.95. The summed E-state index contributed by atoms with van der Waals surface area (Å²) in [6, 6.07) is 0.873. The molecule has 182 valence electrons. The number of aromatic nitrogens is 4. The smallest absolute Gasteiger partial charge is 0.308 e. The normalized spacial score (nSPS) is 23.7. The van der Waals surface area contributed by atoms with Gasteiger partial charge in [-0.25, -0.2) is 19.3 Å². The van der Waals surface area contributed by atoms with E-state index < -0.39 is 35.0 Å². The van der Waals surface area contributed by atoms with Gasteiger partial charge in [0, 0.05) is 28.6 Å². The molecule has 0 aromatic carbocycles. The number of nitrogens with zero attached hydrogens (tertiary/aromatic N) is 3. The summed E-state index contributed by atoms with van der Waals surface area (Å²) in [5, 5.41) is 13.5. The Bertz CT molecular complexity index is 1360. The lowest BCUT2D eigenvalue weighted by molar-refractivity contribution is -0.148. The number of anilines is 1. The Hall–Kier alpha value is -3.54. The molecule has 35 heavy (non-hydrogen) atoms. The molecule has 3 aliphatic carbocycles. The predicted octanol–water partition coefficient (Wildman–Crippen LogP) is 5.00.